The van der Waals surface area contributed by atoms with Gasteiger partial charge in [0.2, 0.25) is 0 Å². The fourth-order valence-electron chi connectivity index (χ4n) is 2.09. The van der Waals surface area contributed by atoms with Gasteiger partial charge in [-0.15, -0.1) is 12.4 Å². The maximum atomic E-state index is 12.0. The molecule has 0 saturated carbocycles. The molecule has 1 aliphatic rings. The first-order chi connectivity index (χ1) is 7.49. The minimum Gasteiger partial charge on any atom is -0.314 e. The summed E-state index contributed by atoms with van der Waals surface area (Å²) in [6.45, 7) is 7.71. The largest absolute Gasteiger partial charge is 0.314 e. The van der Waals surface area contributed by atoms with Crippen molar-refractivity contribution in [1.29, 1.82) is 0 Å². The van der Waals surface area contributed by atoms with Gasteiger partial charge in [-0.05, 0) is 26.3 Å². The van der Waals surface area contributed by atoms with Crippen LogP contribution in [0.5, 0.6) is 0 Å². The quantitative estimate of drug-likeness (QED) is 0.783. The maximum absolute atomic E-state index is 12.0. The molecule has 104 valence electrons. The fraction of sp³-hybridized carbons (Fsp3) is 1.00. The van der Waals surface area contributed by atoms with Gasteiger partial charge < -0.3 is 5.32 Å². The van der Waals surface area contributed by atoms with E-state index >= 15 is 0 Å². The molecule has 1 heterocycles. The topological polar surface area (TPSA) is 61.4 Å². The molecule has 0 aromatic heterocycles. The third-order valence-corrected chi connectivity index (χ3v) is 4.81. The van der Waals surface area contributed by atoms with Crippen molar-refractivity contribution in [2.24, 2.45) is 0 Å². The predicted molar refractivity (Wildman–Crippen MR) is 72.7 cm³/mol. The lowest BCUT2D eigenvalue weighted by molar-refractivity contribution is 0.349. The van der Waals surface area contributed by atoms with Gasteiger partial charge in [0.25, 0.3) is 10.2 Å². The molecule has 2 atom stereocenters. The van der Waals surface area contributed by atoms with E-state index in [1.807, 2.05) is 13.8 Å². The van der Waals surface area contributed by atoms with Crippen LogP contribution in [0.3, 0.4) is 0 Å². The highest BCUT2D eigenvalue weighted by Gasteiger charge is 2.26. The summed E-state index contributed by atoms with van der Waals surface area (Å²) in [6.07, 6.45) is 1.73. The molecule has 0 spiro atoms. The Morgan fingerprint density at radius 3 is 2.41 bits per heavy atom. The Kier molecular flexibility index (Phi) is 7.58. The molecule has 1 fully saturated rings. The third-order valence-electron chi connectivity index (χ3n) is 2.98. The van der Waals surface area contributed by atoms with Gasteiger partial charge in [-0.2, -0.15) is 17.4 Å². The second-order valence-corrected chi connectivity index (χ2v) is 5.99. The van der Waals surface area contributed by atoms with Crippen LogP contribution in [0, 0.1) is 0 Å². The van der Waals surface area contributed by atoms with Crippen molar-refractivity contribution < 1.29 is 8.42 Å². The fourth-order valence-corrected chi connectivity index (χ4v) is 3.55. The maximum Gasteiger partial charge on any atom is 0.279 e. The third kappa shape index (κ3) is 5.09. The van der Waals surface area contributed by atoms with Crippen LogP contribution < -0.4 is 10.0 Å². The summed E-state index contributed by atoms with van der Waals surface area (Å²) in [4.78, 5) is 0. The first kappa shape index (κ1) is 17.1. The van der Waals surface area contributed by atoms with Crippen LogP contribution in [0.25, 0.3) is 0 Å². The van der Waals surface area contributed by atoms with Gasteiger partial charge in [0.1, 0.15) is 0 Å². The van der Waals surface area contributed by atoms with Gasteiger partial charge >= 0.3 is 0 Å². The van der Waals surface area contributed by atoms with Crippen LogP contribution in [-0.4, -0.2) is 44.4 Å². The number of rotatable bonds is 5. The molecule has 1 saturated heterocycles. The van der Waals surface area contributed by atoms with E-state index in [0.29, 0.717) is 19.1 Å². The van der Waals surface area contributed by atoms with Crippen LogP contribution in [0.4, 0.5) is 0 Å². The van der Waals surface area contributed by atoms with Gasteiger partial charge in [-0.25, -0.2) is 0 Å². The molecule has 2 N–H and O–H groups in total. The van der Waals surface area contributed by atoms with E-state index in [1.54, 1.807) is 0 Å². The lowest BCUT2D eigenvalue weighted by Gasteiger charge is -2.30. The van der Waals surface area contributed by atoms with Crippen LogP contribution in [-0.2, 0) is 10.2 Å². The van der Waals surface area contributed by atoms with Gasteiger partial charge in [0, 0.05) is 25.2 Å². The molecule has 5 nitrogen and oxygen atoms in total. The van der Waals surface area contributed by atoms with E-state index < -0.39 is 10.2 Å². The summed E-state index contributed by atoms with van der Waals surface area (Å²) in [6, 6.07) is 0.458. The summed E-state index contributed by atoms with van der Waals surface area (Å²) >= 11 is 0. The van der Waals surface area contributed by atoms with E-state index in [0.717, 1.165) is 19.4 Å². The molecule has 2 unspecified atom stereocenters. The second-order valence-electron chi connectivity index (χ2n) is 4.28. The lowest BCUT2D eigenvalue weighted by Crippen LogP contribution is -2.50. The Morgan fingerprint density at radius 1 is 1.35 bits per heavy atom. The van der Waals surface area contributed by atoms with E-state index in [4.69, 9.17) is 0 Å². The minimum absolute atomic E-state index is 0. The molecule has 0 bridgehead atoms. The number of nitrogens with zero attached hydrogens (tertiary/aromatic N) is 1. The van der Waals surface area contributed by atoms with Crippen LogP contribution >= 0.6 is 12.4 Å². The SMILES string of the molecule is CCN(CC)S(=O)(=O)NC1CCNC(C)C1.Cl. The Bertz CT molecular complexity index is 307. The molecule has 0 radical (unpaired) electrons. The minimum atomic E-state index is -3.29. The zero-order valence-corrected chi connectivity index (χ0v) is 12.4. The molecule has 0 aliphatic carbocycles. The smallest absolute Gasteiger partial charge is 0.279 e. The summed E-state index contributed by atoms with van der Waals surface area (Å²) in [5, 5.41) is 3.31. The van der Waals surface area contributed by atoms with Crippen molar-refractivity contribution in [2.45, 2.75) is 45.7 Å². The number of nitrogens with one attached hydrogen (secondary N) is 2. The molecule has 0 aromatic carbocycles. The summed E-state index contributed by atoms with van der Waals surface area (Å²) in [5.41, 5.74) is 0. The van der Waals surface area contributed by atoms with E-state index in [-0.39, 0.29) is 18.4 Å². The highest BCUT2D eigenvalue weighted by atomic mass is 35.5. The molecule has 0 amide bonds. The van der Waals surface area contributed by atoms with E-state index in [9.17, 15) is 8.42 Å². The van der Waals surface area contributed by atoms with Crippen LogP contribution in [0.2, 0.25) is 0 Å². The average molecular weight is 286 g/mol. The van der Waals surface area contributed by atoms with Crippen molar-refractivity contribution in [3.8, 4) is 0 Å². The standard InChI is InChI=1S/C10H23N3O2S.ClH/c1-4-13(5-2)16(14,15)12-10-6-7-11-9(3)8-10;/h9-12H,4-8H2,1-3H3;1H. The highest BCUT2D eigenvalue weighted by Crippen LogP contribution is 2.10. The molecule has 1 aliphatic heterocycles. The molecule has 0 aromatic rings. The number of hydrogen-bond donors (Lipinski definition) is 2. The zero-order chi connectivity index (χ0) is 12.2. The van der Waals surface area contributed by atoms with E-state index in [2.05, 4.69) is 17.0 Å². The van der Waals surface area contributed by atoms with Gasteiger partial charge in [-0.1, -0.05) is 13.8 Å². The Labute approximate surface area is 111 Å². The molecule has 7 heteroatoms. The van der Waals surface area contributed by atoms with Crippen LogP contribution in [0.15, 0.2) is 0 Å². The lowest BCUT2D eigenvalue weighted by atomic mass is 10.0. The molecular formula is C10H24ClN3O2S. The average Bonchev–Trinajstić information content (AvgIpc) is 2.18. The van der Waals surface area contributed by atoms with Crippen LogP contribution in [0.1, 0.15) is 33.6 Å². The first-order valence-electron chi connectivity index (χ1n) is 6.00. The van der Waals surface area contributed by atoms with Crippen molar-refractivity contribution in [3.05, 3.63) is 0 Å². The van der Waals surface area contributed by atoms with Gasteiger partial charge in [-0.3, -0.25) is 0 Å². The zero-order valence-electron chi connectivity index (χ0n) is 10.8. The first-order valence-corrected chi connectivity index (χ1v) is 7.44. The predicted octanol–water partition coefficient (Wildman–Crippen LogP) is 0.725. The van der Waals surface area contributed by atoms with Crippen molar-refractivity contribution in [1.82, 2.24) is 14.3 Å². The summed E-state index contributed by atoms with van der Waals surface area (Å²) in [7, 11) is -3.29. The Balaban J connectivity index is 0.00000256. The molecule has 17 heavy (non-hydrogen) atoms. The number of piperidine rings is 1. The second kappa shape index (κ2) is 7.53. The van der Waals surface area contributed by atoms with Gasteiger partial charge in [0.05, 0.1) is 0 Å². The van der Waals surface area contributed by atoms with E-state index in [1.165, 1.54) is 4.31 Å². The number of halogens is 1. The highest BCUT2D eigenvalue weighted by molar-refractivity contribution is 7.87. The Hall–Kier alpha value is 0.120. The summed E-state index contributed by atoms with van der Waals surface area (Å²) < 4.78 is 28.2. The summed E-state index contributed by atoms with van der Waals surface area (Å²) in [5.74, 6) is 0. The van der Waals surface area contributed by atoms with Gasteiger partial charge in [0.15, 0.2) is 0 Å². The van der Waals surface area contributed by atoms with Crippen molar-refractivity contribution >= 4 is 22.6 Å². The molecule has 1 rings (SSSR count). The number of hydrogen-bond acceptors (Lipinski definition) is 3. The monoisotopic (exact) mass is 285 g/mol. The van der Waals surface area contributed by atoms with Crippen molar-refractivity contribution in [3.63, 3.8) is 0 Å². The Morgan fingerprint density at radius 2 is 1.94 bits per heavy atom. The normalized spacial score (nSPS) is 25.6. The van der Waals surface area contributed by atoms with Crippen molar-refractivity contribution in [2.75, 3.05) is 19.6 Å². The molecular weight excluding hydrogens is 262 g/mol.